The molecular formula is C22H24N2O2. The fourth-order valence-corrected chi connectivity index (χ4v) is 3.24. The van der Waals surface area contributed by atoms with E-state index in [9.17, 15) is 9.59 Å². The lowest BCUT2D eigenvalue weighted by Gasteiger charge is -2.26. The lowest BCUT2D eigenvalue weighted by molar-refractivity contribution is -0.112. The molecule has 0 fully saturated rings. The van der Waals surface area contributed by atoms with E-state index in [0.29, 0.717) is 24.2 Å². The summed E-state index contributed by atoms with van der Waals surface area (Å²) in [4.78, 5) is 27.5. The summed E-state index contributed by atoms with van der Waals surface area (Å²) in [6.45, 7) is 6.86. The maximum absolute atomic E-state index is 12.8. The monoisotopic (exact) mass is 348 g/mol. The van der Waals surface area contributed by atoms with Gasteiger partial charge in [0.1, 0.15) is 0 Å². The first-order valence-electron chi connectivity index (χ1n) is 9.07. The zero-order chi connectivity index (χ0) is 18.5. The van der Waals surface area contributed by atoms with E-state index in [4.69, 9.17) is 0 Å². The summed E-state index contributed by atoms with van der Waals surface area (Å²) in [5.41, 5.74) is 3.77. The highest BCUT2D eigenvalue weighted by Crippen LogP contribution is 2.28. The zero-order valence-electron chi connectivity index (χ0n) is 15.3. The molecule has 4 heteroatoms. The second-order valence-electron chi connectivity index (χ2n) is 6.36. The first-order valence-corrected chi connectivity index (χ1v) is 9.07. The normalized spacial score (nSPS) is 14.0. The molecular weight excluding hydrogens is 324 g/mol. The number of benzene rings is 2. The van der Waals surface area contributed by atoms with Crippen LogP contribution in [0.25, 0.3) is 5.70 Å². The molecule has 1 N–H and O–H groups in total. The van der Waals surface area contributed by atoms with E-state index in [0.717, 1.165) is 29.9 Å². The lowest BCUT2D eigenvalue weighted by Crippen LogP contribution is -2.35. The van der Waals surface area contributed by atoms with Crippen molar-refractivity contribution in [3.8, 4) is 0 Å². The SMILES string of the molecule is CCN(CC)CC1=C(NCc2ccccc2)c2ccccc2C(=O)C1=O. The molecule has 134 valence electrons. The molecule has 0 radical (unpaired) electrons. The van der Waals surface area contributed by atoms with Crippen molar-refractivity contribution in [3.05, 3.63) is 76.9 Å². The molecule has 2 aromatic carbocycles. The number of hydrogen-bond donors (Lipinski definition) is 1. The minimum absolute atomic E-state index is 0.397. The number of nitrogens with one attached hydrogen (secondary N) is 1. The van der Waals surface area contributed by atoms with Crippen molar-refractivity contribution < 1.29 is 9.59 Å². The molecule has 1 aliphatic carbocycles. The summed E-state index contributed by atoms with van der Waals surface area (Å²) >= 11 is 0. The summed E-state index contributed by atoms with van der Waals surface area (Å²) in [5.74, 6) is -0.806. The minimum Gasteiger partial charge on any atom is -0.380 e. The van der Waals surface area contributed by atoms with Gasteiger partial charge >= 0.3 is 0 Å². The van der Waals surface area contributed by atoms with Gasteiger partial charge in [-0.2, -0.15) is 0 Å². The van der Waals surface area contributed by atoms with Crippen LogP contribution < -0.4 is 5.32 Å². The Labute approximate surface area is 154 Å². The summed E-state index contributed by atoms with van der Waals surface area (Å²) in [5, 5.41) is 3.43. The first-order chi connectivity index (χ1) is 12.7. The Bertz CT molecular complexity index is 836. The van der Waals surface area contributed by atoms with E-state index in [-0.39, 0.29) is 0 Å². The smallest absolute Gasteiger partial charge is 0.233 e. The number of nitrogens with zero attached hydrogens (tertiary/aromatic N) is 1. The maximum Gasteiger partial charge on any atom is 0.233 e. The van der Waals surface area contributed by atoms with Crippen LogP contribution in [-0.4, -0.2) is 36.1 Å². The molecule has 0 heterocycles. The number of fused-ring (bicyclic) bond motifs is 1. The second-order valence-corrected chi connectivity index (χ2v) is 6.36. The summed E-state index contributed by atoms with van der Waals surface area (Å²) in [6, 6.07) is 17.4. The van der Waals surface area contributed by atoms with E-state index in [1.165, 1.54) is 0 Å². The van der Waals surface area contributed by atoms with E-state index in [1.807, 2.05) is 42.5 Å². The van der Waals surface area contributed by atoms with Crippen LogP contribution in [0.3, 0.4) is 0 Å². The Balaban J connectivity index is 2.02. The third-order valence-corrected chi connectivity index (χ3v) is 4.81. The number of carbonyl (C=O) groups is 2. The van der Waals surface area contributed by atoms with Crippen molar-refractivity contribution in [2.24, 2.45) is 0 Å². The third kappa shape index (κ3) is 3.60. The van der Waals surface area contributed by atoms with E-state index in [2.05, 4.69) is 24.1 Å². The van der Waals surface area contributed by atoms with Crippen LogP contribution >= 0.6 is 0 Å². The highest BCUT2D eigenvalue weighted by atomic mass is 16.2. The number of carbonyl (C=O) groups excluding carboxylic acids is 2. The van der Waals surface area contributed by atoms with Crippen LogP contribution in [-0.2, 0) is 11.3 Å². The quantitative estimate of drug-likeness (QED) is 0.780. The highest BCUT2D eigenvalue weighted by molar-refractivity contribution is 6.52. The molecule has 4 nitrogen and oxygen atoms in total. The van der Waals surface area contributed by atoms with Gasteiger partial charge in [-0.15, -0.1) is 0 Å². The predicted octanol–water partition coefficient (Wildman–Crippen LogP) is 3.29. The Hall–Kier alpha value is -2.72. The second kappa shape index (κ2) is 8.11. The van der Waals surface area contributed by atoms with E-state index in [1.54, 1.807) is 12.1 Å². The van der Waals surface area contributed by atoms with Crippen LogP contribution in [0.15, 0.2) is 60.2 Å². The van der Waals surface area contributed by atoms with Crippen molar-refractivity contribution in [2.45, 2.75) is 20.4 Å². The van der Waals surface area contributed by atoms with Crippen LogP contribution in [0.5, 0.6) is 0 Å². The van der Waals surface area contributed by atoms with Crippen molar-refractivity contribution >= 4 is 17.3 Å². The maximum atomic E-state index is 12.8. The number of Topliss-reactive ketones (excluding diaryl/α,β-unsaturated/α-hetero) is 2. The fraction of sp³-hybridized carbons (Fsp3) is 0.273. The molecule has 0 aromatic heterocycles. The summed E-state index contributed by atoms with van der Waals surface area (Å²) in [7, 11) is 0. The van der Waals surface area contributed by atoms with Gasteiger partial charge in [-0.1, -0.05) is 68.4 Å². The third-order valence-electron chi connectivity index (χ3n) is 4.81. The van der Waals surface area contributed by atoms with Crippen LogP contribution in [0, 0.1) is 0 Å². The molecule has 26 heavy (non-hydrogen) atoms. The number of rotatable bonds is 7. The Morgan fingerprint density at radius 2 is 1.42 bits per heavy atom. The van der Waals surface area contributed by atoms with Crippen molar-refractivity contribution in [1.82, 2.24) is 10.2 Å². The lowest BCUT2D eigenvalue weighted by atomic mass is 9.87. The Morgan fingerprint density at radius 1 is 0.808 bits per heavy atom. The fourth-order valence-electron chi connectivity index (χ4n) is 3.24. The van der Waals surface area contributed by atoms with Gasteiger partial charge in [-0.05, 0) is 18.7 Å². The Kier molecular flexibility index (Phi) is 5.64. The predicted molar refractivity (Wildman–Crippen MR) is 104 cm³/mol. The van der Waals surface area contributed by atoms with Crippen molar-refractivity contribution in [3.63, 3.8) is 0 Å². The number of likely N-dealkylation sites (N-methyl/N-ethyl adjacent to an activating group) is 1. The van der Waals surface area contributed by atoms with E-state index < -0.39 is 11.6 Å². The van der Waals surface area contributed by atoms with Crippen molar-refractivity contribution in [2.75, 3.05) is 19.6 Å². The van der Waals surface area contributed by atoms with Gasteiger partial charge in [0.25, 0.3) is 0 Å². The molecule has 0 amide bonds. The molecule has 0 bridgehead atoms. The molecule has 3 rings (SSSR count). The summed E-state index contributed by atoms with van der Waals surface area (Å²) in [6.07, 6.45) is 0. The van der Waals surface area contributed by atoms with Gasteiger partial charge in [0.15, 0.2) is 0 Å². The van der Waals surface area contributed by atoms with Gasteiger partial charge in [-0.25, -0.2) is 0 Å². The molecule has 0 aliphatic heterocycles. The Morgan fingerprint density at radius 3 is 2.08 bits per heavy atom. The molecule has 0 spiro atoms. The van der Waals surface area contributed by atoms with Gasteiger partial charge < -0.3 is 5.32 Å². The number of ketones is 2. The van der Waals surface area contributed by atoms with Crippen LogP contribution in [0.4, 0.5) is 0 Å². The van der Waals surface area contributed by atoms with E-state index >= 15 is 0 Å². The standard InChI is InChI=1S/C22H24N2O2/c1-3-24(4-2)15-19-20(23-14-16-10-6-5-7-11-16)17-12-8-9-13-18(17)21(25)22(19)26/h5-13,23H,3-4,14-15H2,1-2H3. The molecule has 0 saturated heterocycles. The largest absolute Gasteiger partial charge is 0.380 e. The van der Waals surface area contributed by atoms with Crippen LogP contribution in [0.1, 0.15) is 35.3 Å². The van der Waals surface area contributed by atoms with Crippen LogP contribution in [0.2, 0.25) is 0 Å². The van der Waals surface area contributed by atoms with Crippen molar-refractivity contribution in [1.29, 1.82) is 0 Å². The summed E-state index contributed by atoms with van der Waals surface area (Å²) < 4.78 is 0. The average Bonchev–Trinajstić information content (AvgIpc) is 2.69. The molecule has 0 saturated carbocycles. The zero-order valence-corrected chi connectivity index (χ0v) is 15.3. The first kappa shape index (κ1) is 18.1. The average molecular weight is 348 g/mol. The highest BCUT2D eigenvalue weighted by Gasteiger charge is 2.32. The van der Waals surface area contributed by atoms with Gasteiger partial charge in [0, 0.05) is 29.8 Å². The number of hydrogen-bond acceptors (Lipinski definition) is 4. The van der Waals surface area contributed by atoms with Gasteiger partial charge in [0.2, 0.25) is 11.6 Å². The molecule has 0 unspecified atom stereocenters. The minimum atomic E-state index is -0.409. The molecule has 1 aliphatic rings. The van der Waals surface area contributed by atoms with Gasteiger partial charge in [-0.3, -0.25) is 14.5 Å². The molecule has 2 aromatic rings. The topological polar surface area (TPSA) is 49.4 Å². The molecule has 0 atom stereocenters. The van der Waals surface area contributed by atoms with Gasteiger partial charge in [0.05, 0.1) is 5.70 Å².